The minimum Gasteiger partial charge on any atom is -0.324 e. The first-order valence-electron chi connectivity index (χ1n) is 8.78. The van der Waals surface area contributed by atoms with Crippen molar-refractivity contribution in [3.05, 3.63) is 29.3 Å². The standard InChI is InChI=1S/C19H31N3O.ClH/c1-14-5-6-15(2)18(13-14)21-19(23)16(3)22-11-8-17(9-12-22)7-10-20-4;/h5-6,13,16-17,20H,7-12H2,1-4H3,(H,21,23);1H. The predicted molar refractivity (Wildman–Crippen MR) is 104 cm³/mol. The first-order chi connectivity index (χ1) is 11.0. The van der Waals surface area contributed by atoms with Gasteiger partial charge in [-0.15, -0.1) is 12.4 Å². The molecule has 4 nitrogen and oxygen atoms in total. The van der Waals surface area contributed by atoms with E-state index in [1.165, 1.54) is 24.8 Å². The molecule has 1 fully saturated rings. The van der Waals surface area contributed by atoms with E-state index in [1.54, 1.807) is 0 Å². The predicted octanol–water partition coefficient (Wildman–Crippen LogP) is 3.37. The molecule has 1 aliphatic rings. The van der Waals surface area contributed by atoms with Crippen molar-refractivity contribution in [2.24, 2.45) is 5.92 Å². The maximum absolute atomic E-state index is 12.6. The van der Waals surface area contributed by atoms with Gasteiger partial charge >= 0.3 is 0 Å². The molecule has 0 aromatic heterocycles. The van der Waals surface area contributed by atoms with Gasteiger partial charge in [0.25, 0.3) is 0 Å². The first kappa shape index (κ1) is 20.9. The fraction of sp³-hybridized carbons (Fsp3) is 0.632. The Morgan fingerprint density at radius 2 is 1.96 bits per heavy atom. The second-order valence-electron chi connectivity index (χ2n) is 6.86. The minimum absolute atomic E-state index is 0. The summed E-state index contributed by atoms with van der Waals surface area (Å²) in [5, 5.41) is 6.33. The number of nitrogens with one attached hydrogen (secondary N) is 2. The number of rotatable bonds is 6. The number of anilines is 1. The normalized spacial score (nSPS) is 17.2. The van der Waals surface area contributed by atoms with E-state index in [0.717, 1.165) is 36.8 Å². The number of benzene rings is 1. The highest BCUT2D eigenvalue weighted by Crippen LogP contribution is 2.22. The van der Waals surface area contributed by atoms with Gasteiger partial charge in [-0.25, -0.2) is 0 Å². The minimum atomic E-state index is -0.0693. The van der Waals surface area contributed by atoms with Gasteiger partial charge in [-0.3, -0.25) is 9.69 Å². The molecular weight excluding hydrogens is 322 g/mol. The maximum atomic E-state index is 12.6. The molecule has 0 aliphatic carbocycles. The van der Waals surface area contributed by atoms with E-state index >= 15 is 0 Å². The highest BCUT2D eigenvalue weighted by Gasteiger charge is 2.26. The molecule has 1 aromatic carbocycles. The molecule has 24 heavy (non-hydrogen) atoms. The third-order valence-electron chi connectivity index (χ3n) is 5.03. The number of halogens is 1. The molecule has 2 N–H and O–H groups in total. The third-order valence-corrected chi connectivity index (χ3v) is 5.03. The first-order valence-corrected chi connectivity index (χ1v) is 8.78. The van der Waals surface area contributed by atoms with Gasteiger partial charge in [0.1, 0.15) is 0 Å². The van der Waals surface area contributed by atoms with Crippen LogP contribution in [0.25, 0.3) is 0 Å². The number of carbonyl (C=O) groups is 1. The van der Waals surface area contributed by atoms with Crippen LogP contribution in [0.3, 0.4) is 0 Å². The van der Waals surface area contributed by atoms with Crippen LogP contribution in [-0.2, 0) is 4.79 Å². The number of amides is 1. The van der Waals surface area contributed by atoms with Crippen molar-refractivity contribution in [2.75, 3.05) is 32.0 Å². The van der Waals surface area contributed by atoms with Crippen molar-refractivity contribution in [1.82, 2.24) is 10.2 Å². The van der Waals surface area contributed by atoms with Crippen LogP contribution in [0.5, 0.6) is 0 Å². The van der Waals surface area contributed by atoms with Gasteiger partial charge in [-0.2, -0.15) is 0 Å². The van der Waals surface area contributed by atoms with Crippen LogP contribution in [-0.4, -0.2) is 43.5 Å². The Bertz CT molecular complexity index is 527. The molecule has 5 heteroatoms. The summed E-state index contributed by atoms with van der Waals surface area (Å²) in [5.74, 6) is 0.903. The highest BCUT2D eigenvalue weighted by atomic mass is 35.5. The summed E-state index contributed by atoms with van der Waals surface area (Å²) in [6.07, 6.45) is 3.64. The van der Waals surface area contributed by atoms with Gasteiger partial charge < -0.3 is 10.6 Å². The fourth-order valence-corrected chi connectivity index (χ4v) is 3.25. The Morgan fingerprint density at radius 3 is 2.58 bits per heavy atom. The number of carbonyl (C=O) groups excluding carboxylic acids is 1. The average molecular weight is 354 g/mol. The Morgan fingerprint density at radius 1 is 1.29 bits per heavy atom. The van der Waals surface area contributed by atoms with Gasteiger partial charge in [-0.1, -0.05) is 12.1 Å². The third kappa shape index (κ3) is 5.76. The summed E-state index contributed by atoms with van der Waals surface area (Å²) in [6.45, 7) is 9.24. The van der Waals surface area contributed by atoms with E-state index in [9.17, 15) is 4.79 Å². The molecule has 1 aromatic rings. The fourth-order valence-electron chi connectivity index (χ4n) is 3.25. The van der Waals surface area contributed by atoms with Crippen molar-refractivity contribution in [2.45, 2.75) is 46.1 Å². The van der Waals surface area contributed by atoms with Crippen molar-refractivity contribution in [1.29, 1.82) is 0 Å². The molecule has 0 saturated carbocycles. The van der Waals surface area contributed by atoms with Crippen LogP contribution in [0, 0.1) is 19.8 Å². The largest absolute Gasteiger partial charge is 0.324 e. The maximum Gasteiger partial charge on any atom is 0.241 e. The number of hydrogen-bond donors (Lipinski definition) is 2. The van der Waals surface area contributed by atoms with Crippen LogP contribution >= 0.6 is 12.4 Å². The topological polar surface area (TPSA) is 44.4 Å². The van der Waals surface area contributed by atoms with Gasteiger partial charge in [0.05, 0.1) is 6.04 Å². The molecular formula is C19H32ClN3O. The lowest BCUT2D eigenvalue weighted by atomic mass is 9.93. The number of hydrogen-bond acceptors (Lipinski definition) is 3. The summed E-state index contributed by atoms with van der Waals surface area (Å²) >= 11 is 0. The summed E-state index contributed by atoms with van der Waals surface area (Å²) < 4.78 is 0. The van der Waals surface area contributed by atoms with Crippen LogP contribution in [0.1, 0.15) is 37.3 Å². The smallest absolute Gasteiger partial charge is 0.241 e. The summed E-state index contributed by atoms with van der Waals surface area (Å²) in [4.78, 5) is 14.9. The number of aryl methyl sites for hydroxylation is 2. The van der Waals surface area contributed by atoms with Crippen molar-refractivity contribution < 1.29 is 4.79 Å². The Hall–Kier alpha value is -1.10. The molecule has 0 spiro atoms. The molecule has 1 unspecified atom stereocenters. The van der Waals surface area contributed by atoms with E-state index < -0.39 is 0 Å². The van der Waals surface area contributed by atoms with E-state index in [-0.39, 0.29) is 24.4 Å². The van der Waals surface area contributed by atoms with E-state index in [4.69, 9.17) is 0 Å². The lowest BCUT2D eigenvalue weighted by Gasteiger charge is -2.35. The molecule has 1 atom stereocenters. The van der Waals surface area contributed by atoms with Gasteiger partial charge in [-0.05, 0) is 89.8 Å². The monoisotopic (exact) mass is 353 g/mol. The molecule has 2 rings (SSSR count). The van der Waals surface area contributed by atoms with E-state index in [1.807, 2.05) is 27.0 Å². The Labute approximate surface area is 152 Å². The van der Waals surface area contributed by atoms with Gasteiger partial charge in [0.2, 0.25) is 5.91 Å². The molecule has 1 saturated heterocycles. The molecule has 136 valence electrons. The van der Waals surface area contributed by atoms with Crippen molar-refractivity contribution >= 4 is 24.0 Å². The number of piperidine rings is 1. The Kier molecular flexibility index (Phi) is 8.74. The highest BCUT2D eigenvalue weighted by molar-refractivity contribution is 5.95. The summed E-state index contributed by atoms with van der Waals surface area (Å²) in [6, 6.07) is 6.11. The summed E-state index contributed by atoms with van der Waals surface area (Å²) in [7, 11) is 2.01. The van der Waals surface area contributed by atoms with Crippen LogP contribution in [0.2, 0.25) is 0 Å². The Balaban J connectivity index is 0.00000288. The molecule has 0 radical (unpaired) electrons. The second kappa shape index (κ2) is 10.0. The zero-order valence-corrected chi connectivity index (χ0v) is 16.2. The SMILES string of the molecule is CNCCC1CCN(C(C)C(=O)Nc2cc(C)ccc2C)CC1.Cl. The van der Waals surface area contributed by atoms with Gasteiger partial charge in [0.15, 0.2) is 0 Å². The van der Waals surface area contributed by atoms with Gasteiger partial charge in [0, 0.05) is 5.69 Å². The van der Waals surface area contributed by atoms with Crippen LogP contribution < -0.4 is 10.6 Å². The lowest BCUT2D eigenvalue weighted by molar-refractivity contribution is -0.121. The summed E-state index contributed by atoms with van der Waals surface area (Å²) in [5.41, 5.74) is 3.22. The second-order valence-corrected chi connectivity index (χ2v) is 6.86. The molecule has 1 amide bonds. The van der Waals surface area contributed by atoms with E-state index in [0.29, 0.717) is 0 Å². The number of nitrogens with zero attached hydrogens (tertiary/aromatic N) is 1. The number of likely N-dealkylation sites (tertiary alicyclic amines) is 1. The van der Waals surface area contributed by atoms with Crippen LogP contribution in [0.15, 0.2) is 18.2 Å². The molecule has 0 bridgehead atoms. The molecule has 1 heterocycles. The molecule has 1 aliphatic heterocycles. The van der Waals surface area contributed by atoms with E-state index in [2.05, 4.69) is 34.6 Å². The van der Waals surface area contributed by atoms with Crippen molar-refractivity contribution in [3.63, 3.8) is 0 Å². The zero-order valence-electron chi connectivity index (χ0n) is 15.4. The average Bonchev–Trinajstić information content (AvgIpc) is 2.56. The quantitative estimate of drug-likeness (QED) is 0.824. The van der Waals surface area contributed by atoms with Crippen molar-refractivity contribution in [3.8, 4) is 0 Å². The van der Waals surface area contributed by atoms with Crippen LogP contribution in [0.4, 0.5) is 5.69 Å². The zero-order chi connectivity index (χ0) is 16.8. The lowest BCUT2D eigenvalue weighted by Crippen LogP contribution is -2.46.